The number of benzene rings is 1. The van der Waals surface area contributed by atoms with E-state index in [2.05, 4.69) is 0 Å². The van der Waals surface area contributed by atoms with Gasteiger partial charge in [-0.3, -0.25) is 10.1 Å². The molecule has 0 atom stereocenters. The molecule has 6 heteroatoms. The van der Waals surface area contributed by atoms with Gasteiger partial charge in [0.1, 0.15) is 6.54 Å². The molecule has 0 fully saturated rings. The molecule has 0 amide bonds. The van der Waals surface area contributed by atoms with Crippen LogP contribution in [0.3, 0.4) is 0 Å². The number of hydrogen-bond acceptors (Lipinski definition) is 3. The Morgan fingerprint density at radius 3 is 2.89 bits per heavy atom. The smallest absolute Gasteiger partial charge is 0.265 e. The first-order valence-electron chi connectivity index (χ1n) is 5.26. The van der Waals surface area contributed by atoms with E-state index < -0.39 is 0 Å². The Morgan fingerprint density at radius 1 is 1.39 bits per heavy atom. The zero-order valence-electron chi connectivity index (χ0n) is 9.35. The first kappa shape index (κ1) is 12.9. The van der Waals surface area contributed by atoms with Crippen molar-refractivity contribution in [1.29, 1.82) is 0 Å². The van der Waals surface area contributed by atoms with Crippen LogP contribution in [0.1, 0.15) is 5.56 Å². The SMILES string of the molecule is O=[N+]([O-])C1=CC=CN(Cc2cc(Cl)ccc2Cl)C1. The molecular formula is C12H10Cl2N2O2. The van der Waals surface area contributed by atoms with E-state index in [4.69, 9.17) is 23.2 Å². The van der Waals surface area contributed by atoms with Crippen molar-refractivity contribution in [3.05, 3.63) is 68.0 Å². The third-order valence-electron chi connectivity index (χ3n) is 2.57. The van der Waals surface area contributed by atoms with Crippen LogP contribution in [0.15, 0.2) is 42.2 Å². The summed E-state index contributed by atoms with van der Waals surface area (Å²) >= 11 is 12.0. The van der Waals surface area contributed by atoms with Gasteiger partial charge in [0.15, 0.2) is 0 Å². The fraction of sp³-hybridized carbons (Fsp3) is 0.167. The third-order valence-corrected chi connectivity index (χ3v) is 3.17. The molecule has 0 spiro atoms. The highest BCUT2D eigenvalue weighted by Gasteiger charge is 2.17. The Balaban J connectivity index is 2.12. The predicted octanol–water partition coefficient (Wildman–Crippen LogP) is 3.48. The molecule has 1 aromatic carbocycles. The molecule has 0 saturated carbocycles. The van der Waals surface area contributed by atoms with E-state index in [-0.39, 0.29) is 17.2 Å². The van der Waals surface area contributed by atoms with E-state index >= 15 is 0 Å². The van der Waals surface area contributed by atoms with E-state index in [1.54, 1.807) is 30.5 Å². The molecule has 0 saturated heterocycles. The van der Waals surface area contributed by atoms with Crippen molar-refractivity contribution in [2.24, 2.45) is 0 Å². The minimum atomic E-state index is -0.379. The van der Waals surface area contributed by atoms with Crippen molar-refractivity contribution < 1.29 is 4.92 Å². The van der Waals surface area contributed by atoms with Crippen LogP contribution in [0.5, 0.6) is 0 Å². The van der Waals surface area contributed by atoms with Crippen LogP contribution in [0.4, 0.5) is 0 Å². The number of rotatable bonds is 3. The summed E-state index contributed by atoms with van der Waals surface area (Å²) in [6.07, 6.45) is 4.94. The Kier molecular flexibility index (Phi) is 3.89. The molecule has 1 heterocycles. The lowest BCUT2D eigenvalue weighted by Gasteiger charge is -2.21. The second kappa shape index (κ2) is 5.42. The summed E-state index contributed by atoms with van der Waals surface area (Å²) < 4.78 is 0. The largest absolute Gasteiger partial charge is 0.363 e. The summed E-state index contributed by atoms with van der Waals surface area (Å²) in [6, 6.07) is 5.20. The molecule has 1 aliphatic heterocycles. The van der Waals surface area contributed by atoms with Crippen molar-refractivity contribution in [3.63, 3.8) is 0 Å². The Morgan fingerprint density at radius 2 is 2.17 bits per heavy atom. The molecule has 0 N–H and O–H groups in total. The van der Waals surface area contributed by atoms with Crippen LogP contribution >= 0.6 is 23.2 Å². The van der Waals surface area contributed by atoms with Gasteiger partial charge in [0.2, 0.25) is 0 Å². The van der Waals surface area contributed by atoms with Crippen LogP contribution in [0, 0.1) is 10.1 Å². The zero-order valence-corrected chi connectivity index (χ0v) is 10.9. The van der Waals surface area contributed by atoms with Gasteiger partial charge in [0.25, 0.3) is 5.70 Å². The lowest BCUT2D eigenvalue weighted by Crippen LogP contribution is -2.24. The van der Waals surface area contributed by atoms with E-state index in [0.717, 1.165) is 5.56 Å². The first-order valence-corrected chi connectivity index (χ1v) is 6.01. The molecular weight excluding hydrogens is 275 g/mol. The van der Waals surface area contributed by atoms with E-state index in [1.807, 2.05) is 4.90 Å². The van der Waals surface area contributed by atoms with Crippen LogP contribution in [-0.2, 0) is 6.54 Å². The molecule has 4 nitrogen and oxygen atoms in total. The van der Waals surface area contributed by atoms with Crippen LogP contribution < -0.4 is 0 Å². The molecule has 0 bridgehead atoms. The highest BCUT2D eigenvalue weighted by Crippen LogP contribution is 2.23. The minimum absolute atomic E-state index is 0.163. The summed E-state index contributed by atoms with van der Waals surface area (Å²) in [5.74, 6) is 0. The highest BCUT2D eigenvalue weighted by molar-refractivity contribution is 6.33. The minimum Gasteiger partial charge on any atom is -0.363 e. The monoisotopic (exact) mass is 284 g/mol. The summed E-state index contributed by atoms with van der Waals surface area (Å²) in [5, 5.41) is 11.9. The summed E-state index contributed by atoms with van der Waals surface area (Å²) in [4.78, 5) is 12.1. The maximum Gasteiger partial charge on any atom is 0.265 e. The maximum atomic E-state index is 10.7. The lowest BCUT2D eigenvalue weighted by atomic mass is 10.2. The summed E-state index contributed by atoms with van der Waals surface area (Å²) in [7, 11) is 0. The standard InChI is InChI=1S/C12H10Cl2N2O2/c13-10-3-4-12(14)9(6-10)7-15-5-1-2-11(8-15)16(17)18/h1-6H,7-8H2. The predicted molar refractivity (Wildman–Crippen MR) is 71.1 cm³/mol. The number of nitrogens with zero attached hydrogens (tertiary/aromatic N) is 2. The van der Waals surface area contributed by atoms with Crippen molar-refractivity contribution in [1.82, 2.24) is 4.90 Å². The van der Waals surface area contributed by atoms with Gasteiger partial charge in [-0.2, -0.15) is 0 Å². The second-order valence-corrected chi connectivity index (χ2v) is 4.74. The number of allylic oxidation sites excluding steroid dienone is 2. The first-order chi connectivity index (χ1) is 8.56. The molecule has 0 aromatic heterocycles. The maximum absolute atomic E-state index is 10.7. The van der Waals surface area contributed by atoms with Gasteiger partial charge in [-0.15, -0.1) is 0 Å². The number of halogens is 2. The molecule has 18 heavy (non-hydrogen) atoms. The Bertz CT molecular complexity index is 541. The average molecular weight is 285 g/mol. The Hall–Kier alpha value is -1.52. The molecule has 2 rings (SSSR count). The van der Waals surface area contributed by atoms with Gasteiger partial charge in [-0.1, -0.05) is 23.2 Å². The van der Waals surface area contributed by atoms with Gasteiger partial charge < -0.3 is 4.90 Å². The fourth-order valence-corrected chi connectivity index (χ4v) is 2.07. The third kappa shape index (κ3) is 3.03. The van der Waals surface area contributed by atoms with Crippen LogP contribution in [0.2, 0.25) is 10.0 Å². The van der Waals surface area contributed by atoms with Crippen molar-refractivity contribution >= 4 is 23.2 Å². The lowest BCUT2D eigenvalue weighted by molar-refractivity contribution is -0.428. The van der Waals surface area contributed by atoms with Gasteiger partial charge in [0, 0.05) is 28.9 Å². The highest BCUT2D eigenvalue weighted by atomic mass is 35.5. The number of hydrogen-bond donors (Lipinski definition) is 0. The summed E-state index contributed by atoms with van der Waals surface area (Å²) in [6.45, 7) is 0.743. The zero-order chi connectivity index (χ0) is 13.1. The van der Waals surface area contributed by atoms with Crippen molar-refractivity contribution in [2.45, 2.75) is 6.54 Å². The molecule has 1 aliphatic rings. The van der Waals surface area contributed by atoms with Crippen molar-refractivity contribution in [2.75, 3.05) is 6.54 Å². The van der Waals surface area contributed by atoms with Crippen LogP contribution in [0.25, 0.3) is 0 Å². The number of nitro groups is 1. The Labute approximate surface area is 114 Å². The average Bonchev–Trinajstić information content (AvgIpc) is 2.34. The van der Waals surface area contributed by atoms with Gasteiger partial charge in [-0.25, -0.2) is 0 Å². The summed E-state index contributed by atoms with van der Waals surface area (Å²) in [5.41, 5.74) is 1.01. The molecule has 0 aliphatic carbocycles. The van der Waals surface area contributed by atoms with Crippen LogP contribution in [-0.4, -0.2) is 16.4 Å². The van der Waals surface area contributed by atoms with Crippen molar-refractivity contribution in [3.8, 4) is 0 Å². The quantitative estimate of drug-likeness (QED) is 0.631. The van der Waals surface area contributed by atoms with Gasteiger partial charge in [-0.05, 0) is 29.8 Å². The molecule has 0 radical (unpaired) electrons. The molecule has 1 aromatic rings. The molecule has 94 valence electrons. The second-order valence-electron chi connectivity index (χ2n) is 3.90. The topological polar surface area (TPSA) is 46.4 Å². The van der Waals surface area contributed by atoms with E-state index in [1.165, 1.54) is 6.08 Å². The van der Waals surface area contributed by atoms with Gasteiger partial charge in [0.05, 0.1) is 4.92 Å². The fourth-order valence-electron chi connectivity index (χ4n) is 1.70. The normalized spacial score (nSPS) is 14.6. The van der Waals surface area contributed by atoms with E-state index in [9.17, 15) is 10.1 Å². The van der Waals surface area contributed by atoms with Gasteiger partial charge >= 0.3 is 0 Å². The van der Waals surface area contributed by atoms with E-state index in [0.29, 0.717) is 16.6 Å². The molecule has 0 unspecified atom stereocenters.